The largest absolute Gasteiger partial charge is 0.420 e. The predicted octanol–water partition coefficient (Wildman–Crippen LogP) is 0.0360. The number of ether oxygens (including phenoxy) is 2. The monoisotopic (exact) mass is 235 g/mol. The third-order valence-corrected chi connectivity index (χ3v) is 3.44. The molecule has 0 bridgehead atoms. The summed E-state index contributed by atoms with van der Waals surface area (Å²) < 4.78 is 16.6. The quantitative estimate of drug-likeness (QED) is 0.477. The zero-order valence-corrected chi connectivity index (χ0v) is 12.6. The first kappa shape index (κ1) is 15.1. The molecule has 92 valence electrons. The van der Waals surface area contributed by atoms with Crippen molar-refractivity contribution in [3.05, 3.63) is 0 Å². The molecule has 15 heavy (non-hydrogen) atoms. The fourth-order valence-electron chi connectivity index (χ4n) is 1.87. The molecule has 2 unspecified atom stereocenters. The van der Waals surface area contributed by atoms with E-state index in [0.29, 0.717) is 22.9 Å². The fourth-order valence-corrected chi connectivity index (χ4v) is 2.56. The lowest BCUT2D eigenvalue weighted by atomic mass is 9.95. The predicted molar refractivity (Wildman–Crippen MR) is 64.7 cm³/mol. The molecular weight excluding hydrogens is 210 g/mol. The summed E-state index contributed by atoms with van der Waals surface area (Å²) in [4.78, 5) is 0. The molecule has 0 aliphatic heterocycles. The second kappa shape index (κ2) is 7.35. The van der Waals surface area contributed by atoms with Gasteiger partial charge < -0.3 is 19.6 Å². The summed E-state index contributed by atoms with van der Waals surface area (Å²) in [5.74, 6) is -0.286. The van der Waals surface area contributed by atoms with E-state index in [-0.39, 0.29) is 6.10 Å². The first-order valence-electron chi connectivity index (χ1n) is 5.43. The molecule has 0 saturated carbocycles. The summed E-state index contributed by atoms with van der Waals surface area (Å²) in [6.07, 6.45) is 1.63. The summed E-state index contributed by atoms with van der Waals surface area (Å²) in [6, 6.07) is 0. The molecule has 2 N–H and O–H groups in total. The summed E-state index contributed by atoms with van der Waals surface area (Å²) >= 11 is 0. The molecule has 0 aliphatic carbocycles. The van der Waals surface area contributed by atoms with Crippen molar-refractivity contribution in [2.45, 2.75) is 38.6 Å². The number of nitrogens with two attached hydrogens (primary N) is 1. The van der Waals surface area contributed by atoms with E-state index in [1.54, 1.807) is 14.2 Å². The number of rotatable bonds is 8. The Bertz CT molecular complexity index is 161. The van der Waals surface area contributed by atoms with Gasteiger partial charge in [-0.3, -0.25) is 0 Å². The van der Waals surface area contributed by atoms with Crippen LogP contribution in [0, 0.1) is 5.92 Å². The normalized spacial score (nSPS) is 16.6. The maximum atomic E-state index is 5.63. The summed E-state index contributed by atoms with van der Waals surface area (Å²) in [5.41, 5.74) is 5.63. The molecule has 0 aliphatic rings. The van der Waals surface area contributed by atoms with E-state index in [9.17, 15) is 0 Å². The van der Waals surface area contributed by atoms with Crippen molar-refractivity contribution in [2.75, 3.05) is 20.8 Å². The van der Waals surface area contributed by atoms with Crippen LogP contribution >= 0.6 is 0 Å². The van der Waals surface area contributed by atoms with Gasteiger partial charge in [-0.05, 0) is 18.9 Å². The van der Waals surface area contributed by atoms with Crippen molar-refractivity contribution in [3.63, 3.8) is 0 Å². The lowest BCUT2D eigenvalue weighted by Gasteiger charge is -2.39. The minimum Gasteiger partial charge on any atom is -0.420 e. The molecule has 0 heterocycles. The minimum absolute atomic E-state index is 0.00633. The highest BCUT2D eigenvalue weighted by Gasteiger charge is 2.39. The molecule has 0 aromatic rings. The summed E-state index contributed by atoms with van der Waals surface area (Å²) in [6.45, 7) is 4.79. The molecule has 0 fully saturated rings. The van der Waals surface area contributed by atoms with E-state index in [2.05, 4.69) is 13.8 Å². The number of hydrogen-bond acceptors (Lipinski definition) is 4. The van der Waals surface area contributed by atoms with Gasteiger partial charge in [-0.1, -0.05) is 13.8 Å². The van der Waals surface area contributed by atoms with Crippen LogP contribution < -0.4 is 5.73 Å². The van der Waals surface area contributed by atoms with Gasteiger partial charge in [0.25, 0.3) is 0 Å². The standard InChI is InChI=1S/C10H25NO3Si/c1-5-9(14-15)10(12-3,13-4)6-8(2)7-11/h8-9H,5-7,11H2,1-4,15H3. The Hall–Kier alpha value is 0.0569. The van der Waals surface area contributed by atoms with Gasteiger partial charge in [0.05, 0.1) is 6.10 Å². The van der Waals surface area contributed by atoms with Crippen molar-refractivity contribution >= 4 is 10.5 Å². The fraction of sp³-hybridized carbons (Fsp3) is 1.00. The molecule has 2 atom stereocenters. The van der Waals surface area contributed by atoms with Crippen molar-refractivity contribution in [1.82, 2.24) is 0 Å². The highest BCUT2D eigenvalue weighted by atomic mass is 28.2. The molecule has 0 rings (SSSR count). The smallest absolute Gasteiger partial charge is 0.193 e. The first-order chi connectivity index (χ1) is 7.10. The second-order valence-corrected chi connectivity index (χ2v) is 4.37. The van der Waals surface area contributed by atoms with Gasteiger partial charge in [-0.15, -0.1) is 0 Å². The highest BCUT2D eigenvalue weighted by Crippen LogP contribution is 2.28. The molecule has 5 heteroatoms. The van der Waals surface area contributed by atoms with E-state index >= 15 is 0 Å². The Morgan fingerprint density at radius 1 is 1.33 bits per heavy atom. The average Bonchev–Trinajstić information content (AvgIpc) is 2.28. The maximum absolute atomic E-state index is 5.63. The van der Waals surface area contributed by atoms with Crippen molar-refractivity contribution in [1.29, 1.82) is 0 Å². The van der Waals surface area contributed by atoms with E-state index in [0.717, 1.165) is 12.8 Å². The Balaban J connectivity index is 4.68. The van der Waals surface area contributed by atoms with Crippen LogP contribution in [0.2, 0.25) is 0 Å². The number of hydrogen-bond donors (Lipinski definition) is 1. The van der Waals surface area contributed by atoms with Crippen LogP contribution in [0.1, 0.15) is 26.7 Å². The Labute approximate surface area is 96.0 Å². The lowest BCUT2D eigenvalue weighted by molar-refractivity contribution is -0.260. The van der Waals surface area contributed by atoms with E-state index in [1.807, 2.05) is 0 Å². The average molecular weight is 235 g/mol. The van der Waals surface area contributed by atoms with Crippen LogP contribution in [-0.2, 0) is 13.9 Å². The van der Waals surface area contributed by atoms with Gasteiger partial charge in [0.1, 0.15) is 10.5 Å². The topological polar surface area (TPSA) is 53.7 Å². The number of methoxy groups -OCH3 is 2. The Kier molecular flexibility index (Phi) is 7.38. The second-order valence-electron chi connectivity index (χ2n) is 3.90. The molecule has 0 aromatic carbocycles. The van der Waals surface area contributed by atoms with E-state index < -0.39 is 5.79 Å². The molecule has 0 spiro atoms. The van der Waals surface area contributed by atoms with Crippen LogP contribution in [-0.4, -0.2) is 43.1 Å². The molecule has 0 radical (unpaired) electrons. The Morgan fingerprint density at radius 3 is 2.13 bits per heavy atom. The molecule has 0 aromatic heterocycles. The summed E-state index contributed by atoms with van der Waals surface area (Å²) in [7, 11) is 4.01. The Morgan fingerprint density at radius 2 is 1.87 bits per heavy atom. The van der Waals surface area contributed by atoms with Gasteiger partial charge in [0.2, 0.25) is 0 Å². The van der Waals surface area contributed by atoms with Crippen molar-refractivity contribution < 1.29 is 13.9 Å². The van der Waals surface area contributed by atoms with E-state index in [4.69, 9.17) is 19.6 Å². The molecular formula is C10H25NO3Si. The third-order valence-electron chi connectivity index (χ3n) is 2.87. The third kappa shape index (κ3) is 3.84. The van der Waals surface area contributed by atoms with Crippen LogP contribution in [0.25, 0.3) is 0 Å². The van der Waals surface area contributed by atoms with Crippen LogP contribution in [0.3, 0.4) is 0 Å². The first-order valence-corrected chi connectivity index (χ1v) is 6.24. The molecule has 4 nitrogen and oxygen atoms in total. The van der Waals surface area contributed by atoms with Gasteiger partial charge in [-0.25, -0.2) is 0 Å². The molecule has 0 amide bonds. The van der Waals surface area contributed by atoms with Crippen molar-refractivity contribution in [2.24, 2.45) is 11.7 Å². The van der Waals surface area contributed by atoms with Crippen LogP contribution in [0.5, 0.6) is 0 Å². The summed E-state index contributed by atoms with van der Waals surface area (Å²) in [5, 5.41) is 0. The zero-order chi connectivity index (χ0) is 11.9. The van der Waals surface area contributed by atoms with Gasteiger partial charge in [0, 0.05) is 20.6 Å². The van der Waals surface area contributed by atoms with Crippen LogP contribution in [0.4, 0.5) is 0 Å². The minimum atomic E-state index is -0.644. The van der Waals surface area contributed by atoms with Crippen LogP contribution in [0.15, 0.2) is 0 Å². The van der Waals surface area contributed by atoms with Crippen molar-refractivity contribution in [3.8, 4) is 0 Å². The van der Waals surface area contributed by atoms with Gasteiger partial charge in [-0.2, -0.15) is 0 Å². The van der Waals surface area contributed by atoms with Gasteiger partial charge >= 0.3 is 0 Å². The molecule has 0 saturated heterocycles. The van der Waals surface area contributed by atoms with Gasteiger partial charge in [0.15, 0.2) is 5.79 Å². The van der Waals surface area contributed by atoms with E-state index in [1.165, 1.54) is 0 Å². The SMILES string of the molecule is CCC(O[SiH3])C(CC(C)CN)(OC)OC. The lowest BCUT2D eigenvalue weighted by Crippen LogP contribution is -2.48. The highest BCUT2D eigenvalue weighted by molar-refractivity contribution is 5.98. The zero-order valence-electron chi connectivity index (χ0n) is 10.6. The maximum Gasteiger partial charge on any atom is 0.193 e.